The predicted octanol–water partition coefficient (Wildman–Crippen LogP) is 2.68. The van der Waals surface area contributed by atoms with Crippen LogP contribution in [0.1, 0.15) is 28.0 Å². The van der Waals surface area contributed by atoms with Crippen LogP contribution in [0.25, 0.3) is 0 Å². The number of nitrogens with one attached hydrogen (secondary N) is 3. The minimum absolute atomic E-state index is 0.171. The van der Waals surface area contributed by atoms with Crippen LogP contribution in [0.15, 0.2) is 30.5 Å². The van der Waals surface area contributed by atoms with Crippen molar-refractivity contribution >= 4 is 28.3 Å². The van der Waals surface area contributed by atoms with Gasteiger partial charge in [-0.1, -0.05) is 23.5 Å². The molecule has 7 nitrogen and oxygen atoms in total. The van der Waals surface area contributed by atoms with Gasteiger partial charge in [-0.25, -0.2) is 9.37 Å². The van der Waals surface area contributed by atoms with Gasteiger partial charge in [-0.3, -0.25) is 15.2 Å². The van der Waals surface area contributed by atoms with E-state index in [1.54, 1.807) is 12.1 Å². The summed E-state index contributed by atoms with van der Waals surface area (Å²) in [5, 5.41) is 13.0. The Kier molecular flexibility index (Phi) is 4.80. The van der Waals surface area contributed by atoms with Crippen LogP contribution in [0.4, 0.5) is 15.5 Å². The third-order valence-electron chi connectivity index (χ3n) is 3.08. The van der Waals surface area contributed by atoms with E-state index in [9.17, 15) is 9.18 Å². The van der Waals surface area contributed by atoms with Crippen LogP contribution >= 0.6 is 11.3 Å². The molecular formula is C15H15FN6OS. The molecule has 3 N–H and O–H groups in total. The molecule has 3 aromatic rings. The van der Waals surface area contributed by atoms with Crippen molar-refractivity contribution in [1.29, 1.82) is 0 Å². The highest BCUT2D eigenvalue weighted by Crippen LogP contribution is 2.18. The van der Waals surface area contributed by atoms with Crippen molar-refractivity contribution in [3.63, 3.8) is 0 Å². The molecule has 2 aromatic heterocycles. The molecule has 0 atom stereocenters. The number of H-pyrrole nitrogens is 1. The number of anilines is 2. The number of halogens is 1. The normalized spacial score (nSPS) is 10.6. The van der Waals surface area contributed by atoms with Crippen LogP contribution < -0.4 is 10.6 Å². The van der Waals surface area contributed by atoms with Gasteiger partial charge in [0, 0.05) is 13.0 Å². The van der Waals surface area contributed by atoms with Crippen molar-refractivity contribution in [1.82, 2.24) is 20.2 Å². The van der Waals surface area contributed by atoms with E-state index >= 15 is 0 Å². The van der Waals surface area contributed by atoms with Crippen molar-refractivity contribution < 1.29 is 9.18 Å². The van der Waals surface area contributed by atoms with Crippen molar-refractivity contribution in [2.75, 3.05) is 17.2 Å². The molecule has 24 heavy (non-hydrogen) atoms. The molecule has 0 saturated carbocycles. The Morgan fingerprint density at radius 3 is 3.08 bits per heavy atom. The summed E-state index contributed by atoms with van der Waals surface area (Å²) in [6.07, 6.45) is 1.89. The smallest absolute Gasteiger partial charge is 0.269 e. The molecule has 1 aromatic carbocycles. The topological polar surface area (TPSA) is 95.6 Å². The first kappa shape index (κ1) is 16.1. The monoisotopic (exact) mass is 346 g/mol. The van der Waals surface area contributed by atoms with Gasteiger partial charge >= 0.3 is 0 Å². The quantitative estimate of drug-likeness (QED) is 0.638. The molecule has 0 spiro atoms. The molecule has 0 saturated heterocycles. The Labute approximate surface area is 141 Å². The molecular weight excluding hydrogens is 331 g/mol. The fourth-order valence-electron chi connectivity index (χ4n) is 2.05. The Morgan fingerprint density at radius 1 is 1.42 bits per heavy atom. The van der Waals surface area contributed by atoms with Gasteiger partial charge in [0.15, 0.2) is 5.13 Å². The second-order valence-electron chi connectivity index (χ2n) is 4.93. The molecule has 0 aliphatic heterocycles. The minimum Gasteiger partial charge on any atom is -0.362 e. The van der Waals surface area contributed by atoms with Crippen molar-refractivity contribution in [3.05, 3.63) is 52.5 Å². The maximum absolute atomic E-state index is 13.2. The highest BCUT2D eigenvalue weighted by molar-refractivity contribution is 7.17. The van der Waals surface area contributed by atoms with Gasteiger partial charge in [-0.2, -0.15) is 4.98 Å². The number of amides is 1. The number of carbonyl (C=O) groups excluding carboxylic acids is 1. The Hall–Kier alpha value is -2.81. The van der Waals surface area contributed by atoms with E-state index in [-0.39, 0.29) is 17.7 Å². The highest BCUT2D eigenvalue weighted by atomic mass is 32.1. The Morgan fingerprint density at radius 2 is 2.29 bits per heavy atom. The zero-order valence-corrected chi connectivity index (χ0v) is 13.7. The van der Waals surface area contributed by atoms with E-state index in [4.69, 9.17) is 0 Å². The third kappa shape index (κ3) is 3.93. The largest absolute Gasteiger partial charge is 0.362 e. The van der Waals surface area contributed by atoms with Crippen molar-refractivity contribution in [3.8, 4) is 0 Å². The summed E-state index contributed by atoms with van der Waals surface area (Å²) in [6.45, 7) is 2.69. The van der Waals surface area contributed by atoms with Gasteiger partial charge in [-0.05, 0) is 24.6 Å². The number of rotatable bonds is 6. The summed E-state index contributed by atoms with van der Waals surface area (Å²) in [4.78, 5) is 20.9. The van der Waals surface area contributed by atoms with E-state index in [1.807, 2.05) is 6.92 Å². The van der Waals surface area contributed by atoms with Crippen molar-refractivity contribution in [2.24, 2.45) is 0 Å². The van der Waals surface area contributed by atoms with E-state index < -0.39 is 0 Å². The Bertz CT molecular complexity index is 846. The zero-order valence-electron chi connectivity index (χ0n) is 12.8. The van der Waals surface area contributed by atoms with Gasteiger partial charge in [0.25, 0.3) is 5.91 Å². The average molecular weight is 346 g/mol. The number of hydrogen-bond donors (Lipinski definition) is 3. The third-order valence-corrected chi connectivity index (χ3v) is 4.03. The second kappa shape index (κ2) is 7.18. The average Bonchev–Trinajstić information content (AvgIpc) is 3.17. The molecule has 0 aliphatic rings. The first-order valence-electron chi connectivity index (χ1n) is 7.31. The Balaban J connectivity index is 1.63. The lowest BCUT2D eigenvalue weighted by atomic mass is 10.1. The van der Waals surface area contributed by atoms with Gasteiger partial charge in [0.2, 0.25) is 5.95 Å². The summed E-state index contributed by atoms with van der Waals surface area (Å²) in [5.41, 5.74) is 0.766. The molecule has 0 radical (unpaired) electrons. The van der Waals surface area contributed by atoms with Gasteiger partial charge < -0.3 is 5.32 Å². The summed E-state index contributed by atoms with van der Waals surface area (Å²) < 4.78 is 13.2. The van der Waals surface area contributed by atoms with E-state index in [0.29, 0.717) is 22.3 Å². The lowest BCUT2D eigenvalue weighted by Gasteiger charge is -1.98. The van der Waals surface area contributed by atoms with Crippen LogP contribution in [-0.4, -0.2) is 32.6 Å². The summed E-state index contributed by atoms with van der Waals surface area (Å²) >= 11 is 1.25. The van der Waals surface area contributed by atoms with Crippen LogP contribution in [0, 0.1) is 5.82 Å². The number of hydrogen-bond acceptors (Lipinski definition) is 6. The number of carbonyl (C=O) groups is 1. The van der Waals surface area contributed by atoms with Crippen molar-refractivity contribution in [2.45, 2.75) is 13.3 Å². The number of thiazole rings is 1. The molecule has 0 aliphatic carbocycles. The standard InChI is InChI=1S/C15H15FN6OS/c1-2-17-15-18-8-11(24-15)13(23)20-14-19-12(21-22-14)7-9-4-3-5-10(16)6-9/h3-6,8H,2,7H2,1H3,(H,17,18)(H2,19,20,21,22,23). The number of aromatic amines is 1. The minimum atomic E-state index is -0.326. The maximum atomic E-state index is 13.2. The summed E-state index contributed by atoms with van der Waals surface area (Å²) in [5.74, 6) is 0.0773. The number of nitrogens with zero attached hydrogens (tertiary/aromatic N) is 3. The molecule has 2 heterocycles. The van der Waals surface area contributed by atoms with E-state index in [2.05, 4.69) is 30.8 Å². The summed E-state index contributed by atoms with van der Waals surface area (Å²) in [7, 11) is 0. The molecule has 1 amide bonds. The lowest BCUT2D eigenvalue weighted by Crippen LogP contribution is -2.11. The first-order valence-corrected chi connectivity index (χ1v) is 8.12. The molecule has 0 unspecified atom stereocenters. The number of aromatic nitrogens is 4. The first-order chi connectivity index (χ1) is 11.6. The lowest BCUT2D eigenvalue weighted by molar-refractivity contribution is 0.102. The maximum Gasteiger partial charge on any atom is 0.269 e. The molecule has 0 bridgehead atoms. The van der Waals surface area contributed by atoms with Crippen LogP contribution in [0.3, 0.4) is 0 Å². The summed E-state index contributed by atoms with van der Waals surface area (Å²) in [6, 6.07) is 6.24. The predicted molar refractivity (Wildman–Crippen MR) is 89.8 cm³/mol. The molecule has 3 rings (SSSR count). The van der Waals surface area contributed by atoms with Gasteiger partial charge in [0.1, 0.15) is 16.5 Å². The fraction of sp³-hybridized carbons (Fsp3) is 0.200. The number of benzene rings is 1. The highest BCUT2D eigenvalue weighted by Gasteiger charge is 2.13. The molecule has 0 fully saturated rings. The molecule has 124 valence electrons. The van der Waals surface area contributed by atoms with Gasteiger partial charge in [-0.15, -0.1) is 5.10 Å². The van der Waals surface area contributed by atoms with Crippen LogP contribution in [-0.2, 0) is 6.42 Å². The molecule has 9 heteroatoms. The zero-order chi connectivity index (χ0) is 16.9. The fourth-order valence-corrected chi connectivity index (χ4v) is 2.83. The van der Waals surface area contributed by atoms with E-state index in [1.165, 1.54) is 29.7 Å². The van der Waals surface area contributed by atoms with Crippen LogP contribution in [0.2, 0.25) is 0 Å². The SMILES string of the molecule is CCNc1ncc(C(=O)Nc2n[nH]c(Cc3cccc(F)c3)n2)s1. The second-order valence-corrected chi connectivity index (χ2v) is 5.96. The van der Waals surface area contributed by atoms with Gasteiger partial charge in [0.05, 0.1) is 6.20 Å². The van der Waals surface area contributed by atoms with E-state index in [0.717, 1.165) is 12.1 Å². The van der Waals surface area contributed by atoms with Crippen LogP contribution in [0.5, 0.6) is 0 Å².